The van der Waals surface area contributed by atoms with Crippen LogP contribution in [0.2, 0.25) is 0 Å². The lowest BCUT2D eigenvalue weighted by molar-refractivity contribution is -0.129. The number of nitrogens with two attached hydrogens (primary N) is 1. The van der Waals surface area contributed by atoms with Gasteiger partial charge in [0.1, 0.15) is 5.60 Å². The lowest BCUT2D eigenvalue weighted by Gasteiger charge is -2.22. The number of carbonyl (C=O) groups is 2. The maximum Gasteiger partial charge on any atom is 0.419 e. The van der Waals surface area contributed by atoms with Crippen molar-refractivity contribution in [2.24, 2.45) is 5.73 Å². The number of hydrogen-bond acceptors (Lipinski definition) is 5. The van der Waals surface area contributed by atoms with E-state index in [1.807, 2.05) is 26.8 Å². The van der Waals surface area contributed by atoms with Crippen molar-refractivity contribution in [3.05, 3.63) is 30.2 Å². The number of likely N-dealkylation sites (tertiary alicyclic amines) is 1. The van der Waals surface area contributed by atoms with Gasteiger partial charge in [0, 0.05) is 30.0 Å². The molecule has 2 N–H and O–H groups in total. The van der Waals surface area contributed by atoms with E-state index in [1.54, 1.807) is 23.4 Å². The van der Waals surface area contributed by atoms with Crippen LogP contribution in [-0.2, 0) is 16.1 Å². The molecule has 2 aromatic heterocycles. The molecule has 1 unspecified atom stereocenters. The number of aromatic nitrogens is 2. The highest BCUT2D eigenvalue weighted by Gasteiger charge is 2.30. The maximum atomic E-state index is 12.7. The summed E-state index contributed by atoms with van der Waals surface area (Å²) < 4.78 is 7.03. The molecular weight excluding hydrogens is 308 g/mol. The SMILES string of the molecule is CC(C)(C)OC(=O)n1c(CN2CCC(N)C2=O)cc2cnccc21. The Kier molecular flexibility index (Phi) is 4.04. The lowest BCUT2D eigenvalue weighted by atomic mass is 10.2. The van der Waals surface area contributed by atoms with E-state index in [1.165, 1.54) is 4.57 Å². The van der Waals surface area contributed by atoms with Gasteiger partial charge in [0.15, 0.2) is 0 Å². The number of amides is 1. The molecule has 3 rings (SSSR count). The standard InChI is InChI=1S/C17H22N4O3/c1-17(2,3)24-16(23)21-12(8-11-9-19-6-4-14(11)21)10-20-7-5-13(18)15(20)22/h4,6,8-9,13H,5,7,10,18H2,1-3H3. The van der Waals surface area contributed by atoms with Crippen LogP contribution < -0.4 is 5.73 Å². The minimum absolute atomic E-state index is 0.0888. The third-order valence-corrected chi connectivity index (χ3v) is 3.95. The minimum Gasteiger partial charge on any atom is -0.443 e. The molecule has 0 spiro atoms. The van der Waals surface area contributed by atoms with Crippen LogP contribution in [0.3, 0.4) is 0 Å². The number of ether oxygens (including phenoxy) is 1. The Balaban J connectivity index is 1.99. The topological polar surface area (TPSA) is 90.5 Å². The van der Waals surface area contributed by atoms with E-state index in [4.69, 9.17) is 10.5 Å². The number of hydrogen-bond donors (Lipinski definition) is 1. The third kappa shape index (κ3) is 3.12. The molecule has 128 valence electrons. The number of carbonyl (C=O) groups excluding carboxylic acids is 2. The summed E-state index contributed by atoms with van der Waals surface area (Å²) >= 11 is 0. The Bertz CT molecular complexity index is 791. The molecule has 7 heteroatoms. The zero-order valence-electron chi connectivity index (χ0n) is 14.2. The van der Waals surface area contributed by atoms with Crippen LogP contribution in [0.5, 0.6) is 0 Å². The van der Waals surface area contributed by atoms with Crippen LogP contribution in [0, 0.1) is 0 Å². The summed E-state index contributed by atoms with van der Waals surface area (Å²) in [5.74, 6) is -0.0888. The van der Waals surface area contributed by atoms with Crippen molar-refractivity contribution in [3.8, 4) is 0 Å². The second-order valence-electron chi connectivity index (χ2n) is 7.04. The van der Waals surface area contributed by atoms with Gasteiger partial charge in [-0.2, -0.15) is 0 Å². The van der Waals surface area contributed by atoms with Crippen LogP contribution in [0.4, 0.5) is 4.79 Å². The first-order valence-electron chi connectivity index (χ1n) is 7.98. The van der Waals surface area contributed by atoms with Crippen molar-refractivity contribution in [2.45, 2.75) is 45.4 Å². The van der Waals surface area contributed by atoms with Crippen molar-refractivity contribution >= 4 is 22.9 Å². The Morgan fingerprint density at radius 2 is 2.21 bits per heavy atom. The van der Waals surface area contributed by atoms with Crippen molar-refractivity contribution in [2.75, 3.05) is 6.54 Å². The van der Waals surface area contributed by atoms with E-state index in [0.29, 0.717) is 30.7 Å². The smallest absolute Gasteiger partial charge is 0.419 e. The predicted molar refractivity (Wildman–Crippen MR) is 89.4 cm³/mol. The molecule has 0 aliphatic carbocycles. The molecule has 1 saturated heterocycles. The zero-order chi connectivity index (χ0) is 17.5. The van der Waals surface area contributed by atoms with Crippen LogP contribution in [0.25, 0.3) is 10.9 Å². The average molecular weight is 330 g/mol. The van der Waals surface area contributed by atoms with Gasteiger partial charge in [-0.25, -0.2) is 9.36 Å². The summed E-state index contributed by atoms with van der Waals surface area (Å²) in [6.45, 7) is 6.37. The zero-order valence-corrected chi connectivity index (χ0v) is 14.2. The Morgan fingerprint density at radius 3 is 2.83 bits per heavy atom. The van der Waals surface area contributed by atoms with Crippen LogP contribution >= 0.6 is 0 Å². The molecule has 2 aromatic rings. The Labute approximate surface area is 140 Å². The first kappa shape index (κ1) is 16.4. The Morgan fingerprint density at radius 1 is 1.46 bits per heavy atom. The second kappa shape index (κ2) is 5.90. The maximum absolute atomic E-state index is 12.7. The van der Waals surface area contributed by atoms with Gasteiger partial charge in [-0.3, -0.25) is 9.78 Å². The molecule has 7 nitrogen and oxygen atoms in total. The van der Waals surface area contributed by atoms with Gasteiger partial charge in [-0.05, 0) is 39.3 Å². The summed E-state index contributed by atoms with van der Waals surface area (Å²) in [5, 5.41) is 0.828. The third-order valence-electron chi connectivity index (χ3n) is 3.95. The van der Waals surface area contributed by atoms with Crippen molar-refractivity contribution in [1.82, 2.24) is 14.5 Å². The van der Waals surface area contributed by atoms with E-state index >= 15 is 0 Å². The summed E-state index contributed by atoms with van der Waals surface area (Å²) in [4.78, 5) is 30.5. The average Bonchev–Trinajstić information content (AvgIpc) is 3.00. The monoisotopic (exact) mass is 330 g/mol. The fraction of sp³-hybridized carbons (Fsp3) is 0.471. The van der Waals surface area contributed by atoms with Crippen molar-refractivity contribution in [3.63, 3.8) is 0 Å². The first-order chi connectivity index (χ1) is 11.3. The molecule has 0 saturated carbocycles. The molecule has 1 atom stereocenters. The highest BCUT2D eigenvalue weighted by atomic mass is 16.6. The van der Waals surface area contributed by atoms with E-state index in [2.05, 4.69) is 4.98 Å². The van der Waals surface area contributed by atoms with Gasteiger partial charge in [0.25, 0.3) is 0 Å². The van der Waals surface area contributed by atoms with Gasteiger partial charge in [0.05, 0.1) is 18.1 Å². The van der Waals surface area contributed by atoms with Gasteiger partial charge >= 0.3 is 6.09 Å². The minimum atomic E-state index is -0.607. The number of fused-ring (bicyclic) bond motifs is 1. The number of pyridine rings is 1. The van der Waals surface area contributed by atoms with Crippen LogP contribution in [-0.4, -0.2) is 44.6 Å². The first-order valence-corrected chi connectivity index (χ1v) is 7.98. The van der Waals surface area contributed by atoms with E-state index in [-0.39, 0.29) is 5.91 Å². The van der Waals surface area contributed by atoms with E-state index in [0.717, 1.165) is 5.39 Å². The highest BCUT2D eigenvalue weighted by Crippen LogP contribution is 2.23. The molecule has 3 heterocycles. The fourth-order valence-electron chi connectivity index (χ4n) is 2.87. The molecule has 1 aliphatic rings. The van der Waals surface area contributed by atoms with E-state index < -0.39 is 17.7 Å². The van der Waals surface area contributed by atoms with Gasteiger partial charge in [-0.1, -0.05) is 0 Å². The van der Waals surface area contributed by atoms with Gasteiger partial charge < -0.3 is 15.4 Å². The normalized spacial score (nSPS) is 18.4. The highest BCUT2D eigenvalue weighted by molar-refractivity contribution is 5.91. The second-order valence-corrected chi connectivity index (χ2v) is 7.04. The largest absolute Gasteiger partial charge is 0.443 e. The number of rotatable bonds is 2. The molecule has 1 amide bonds. The lowest BCUT2D eigenvalue weighted by Crippen LogP contribution is -2.35. The summed E-state index contributed by atoms with van der Waals surface area (Å²) in [5.41, 5.74) is 6.57. The van der Waals surface area contributed by atoms with Crippen LogP contribution in [0.1, 0.15) is 32.9 Å². The molecule has 0 aromatic carbocycles. The molecule has 24 heavy (non-hydrogen) atoms. The van der Waals surface area contributed by atoms with Crippen LogP contribution in [0.15, 0.2) is 24.5 Å². The van der Waals surface area contributed by atoms with Gasteiger partial charge in [-0.15, -0.1) is 0 Å². The summed E-state index contributed by atoms with van der Waals surface area (Å²) in [6.07, 6.45) is 3.49. The summed E-state index contributed by atoms with van der Waals surface area (Å²) in [6, 6.07) is 3.18. The van der Waals surface area contributed by atoms with Crippen molar-refractivity contribution in [1.29, 1.82) is 0 Å². The van der Waals surface area contributed by atoms with Crippen molar-refractivity contribution < 1.29 is 14.3 Å². The Hall–Kier alpha value is -2.41. The van der Waals surface area contributed by atoms with E-state index in [9.17, 15) is 9.59 Å². The predicted octanol–water partition coefficient (Wildman–Crippen LogP) is 1.88. The van der Waals surface area contributed by atoms with Gasteiger partial charge in [0.2, 0.25) is 5.91 Å². The fourth-order valence-corrected chi connectivity index (χ4v) is 2.87. The molecular formula is C17H22N4O3. The molecule has 1 fully saturated rings. The molecule has 1 aliphatic heterocycles. The molecule has 0 radical (unpaired) electrons. The summed E-state index contributed by atoms with van der Waals surface area (Å²) in [7, 11) is 0. The molecule has 0 bridgehead atoms. The quantitative estimate of drug-likeness (QED) is 0.908. The number of nitrogens with zero attached hydrogens (tertiary/aromatic N) is 3.